The van der Waals surface area contributed by atoms with Crippen LogP contribution in [0.25, 0.3) is 44.3 Å². The van der Waals surface area contributed by atoms with Gasteiger partial charge < -0.3 is 0 Å². The molecule has 0 unspecified atom stereocenters. The Bertz CT molecular complexity index is 2570. The number of ether oxygens (including phenoxy) is 1. The summed E-state index contributed by atoms with van der Waals surface area (Å²) in [6, 6.07) is 28.7. The molecule has 4 heterocycles. The molecule has 8 rings (SSSR count). The summed E-state index contributed by atoms with van der Waals surface area (Å²) in [4.78, 5) is 9.59. The summed E-state index contributed by atoms with van der Waals surface area (Å²) in [7, 11) is 2.07. The predicted molar refractivity (Wildman–Crippen MR) is 198 cm³/mol. The Morgan fingerprint density at radius 1 is 0.780 bits per heavy atom. The molecule has 258 valence electrons. The number of para-hydroxylation sites is 2. The van der Waals surface area contributed by atoms with Gasteiger partial charge in [-0.1, -0.05) is 68.4 Å². The van der Waals surface area contributed by atoms with Gasteiger partial charge in [0.2, 0.25) is 0 Å². The van der Waals surface area contributed by atoms with Gasteiger partial charge in [-0.25, -0.2) is 0 Å². The van der Waals surface area contributed by atoms with Crippen molar-refractivity contribution in [2.24, 2.45) is 12.5 Å². The minimum absolute atomic E-state index is 0.00434. The fourth-order valence-corrected chi connectivity index (χ4v) is 8.85. The van der Waals surface area contributed by atoms with Crippen molar-refractivity contribution in [2.75, 3.05) is 0 Å². The molecule has 0 bridgehead atoms. The SMILES string of the molecule is Cn1[c](=[Pt])n(-c2[c-]c(Oc3[c-]c4c(cc3)c3ccc5c(c3n4-c3cc(C(C)(C)C)ccn3)C(C)(C)C(C)(C)C5(C)C)cnc2)c2ccccc21. The number of aryl methyl sites for hydroxylation is 1. The van der Waals surface area contributed by atoms with Crippen molar-refractivity contribution in [1.29, 1.82) is 0 Å². The van der Waals surface area contributed by atoms with E-state index < -0.39 is 0 Å². The Morgan fingerprint density at radius 2 is 1.50 bits per heavy atom. The third-order valence-corrected chi connectivity index (χ3v) is 13.4. The summed E-state index contributed by atoms with van der Waals surface area (Å²) in [5, 5.41) is 2.32. The molecule has 4 aromatic heterocycles. The van der Waals surface area contributed by atoms with E-state index in [0.29, 0.717) is 11.5 Å². The summed E-state index contributed by atoms with van der Waals surface area (Å²) in [6.07, 6.45) is 5.48. The Labute approximate surface area is 305 Å². The van der Waals surface area contributed by atoms with Gasteiger partial charge in [-0.05, 0) is 38.9 Å². The number of pyridine rings is 2. The zero-order valence-electron chi connectivity index (χ0n) is 30.5. The summed E-state index contributed by atoms with van der Waals surface area (Å²) >= 11 is 2.35. The summed E-state index contributed by atoms with van der Waals surface area (Å²) < 4.78 is 14.2. The fourth-order valence-electron chi connectivity index (χ4n) is 8.03. The number of fused-ring (bicyclic) bond motifs is 6. The van der Waals surface area contributed by atoms with Gasteiger partial charge in [-0.15, -0.1) is 0 Å². The molecule has 0 saturated carbocycles. The third-order valence-electron chi connectivity index (χ3n) is 12.1. The van der Waals surface area contributed by atoms with Gasteiger partial charge in [-0.2, -0.15) is 0 Å². The van der Waals surface area contributed by atoms with Gasteiger partial charge in [0.25, 0.3) is 0 Å². The van der Waals surface area contributed by atoms with Crippen molar-refractivity contribution in [3.8, 4) is 23.0 Å². The van der Waals surface area contributed by atoms with Gasteiger partial charge in [-0.3, -0.25) is 0 Å². The molecule has 0 radical (unpaired) electrons. The molecule has 0 aliphatic heterocycles. The Morgan fingerprint density at radius 3 is 2.24 bits per heavy atom. The molecule has 0 N–H and O–H groups in total. The standard InChI is InChI=1S/C43H43N5O.Pt/c1-40(2,3)27-19-20-45-37(21-27)48-36-23-29(49-30-22-28(24-44-25-30)47-26-46(10)34-13-11-12-14-35(34)47)15-16-31(36)32-17-18-33-38(39(32)48)42(6,7)43(8,9)41(33,4)5;/h11-21,24-25H,1-10H3;/q-2;. The summed E-state index contributed by atoms with van der Waals surface area (Å²) in [5.74, 6) is 2.00. The molecule has 6 nitrogen and oxygen atoms in total. The number of hydrogen-bond acceptors (Lipinski definition) is 3. The molecule has 0 atom stereocenters. The third kappa shape index (κ3) is 4.53. The Balaban J connectivity index is 1.34. The molecular weight excluding hydrogens is 798 g/mol. The van der Waals surface area contributed by atoms with Gasteiger partial charge in [0.15, 0.2) is 0 Å². The van der Waals surface area contributed by atoms with Crippen LogP contribution >= 0.6 is 0 Å². The van der Waals surface area contributed by atoms with E-state index in [1.165, 1.54) is 27.6 Å². The van der Waals surface area contributed by atoms with E-state index in [-0.39, 0.29) is 21.7 Å². The zero-order chi connectivity index (χ0) is 35.5. The number of nitrogens with zero attached hydrogens (tertiary/aromatic N) is 5. The van der Waals surface area contributed by atoms with Crippen molar-refractivity contribution in [3.05, 3.63) is 112 Å². The van der Waals surface area contributed by atoms with Crippen LogP contribution in [0.15, 0.2) is 79.3 Å². The Kier molecular flexibility index (Phi) is 7.14. The predicted octanol–water partition coefficient (Wildman–Crippen LogP) is 10.2. The molecule has 0 spiro atoms. The molecule has 7 aromatic rings. The van der Waals surface area contributed by atoms with Crippen molar-refractivity contribution < 1.29 is 24.1 Å². The van der Waals surface area contributed by atoms with Crippen molar-refractivity contribution in [3.63, 3.8) is 0 Å². The van der Waals surface area contributed by atoms with Crippen LogP contribution in [0, 0.1) is 21.4 Å². The zero-order valence-corrected chi connectivity index (χ0v) is 32.7. The number of imidazole rings is 1. The Hall–Kier alpha value is -4.28. The first kappa shape index (κ1) is 32.9. The van der Waals surface area contributed by atoms with E-state index in [2.05, 4.69) is 174 Å². The fraction of sp³-hybridized carbons (Fsp3) is 0.326. The van der Waals surface area contributed by atoms with Gasteiger partial charge in [0, 0.05) is 6.20 Å². The molecule has 1 aliphatic rings. The maximum atomic E-state index is 6.54. The van der Waals surface area contributed by atoms with Crippen LogP contribution in [0.4, 0.5) is 0 Å². The van der Waals surface area contributed by atoms with Crippen LogP contribution in [0.5, 0.6) is 11.5 Å². The van der Waals surface area contributed by atoms with Crippen LogP contribution in [-0.4, -0.2) is 23.7 Å². The van der Waals surface area contributed by atoms with Crippen LogP contribution in [-0.2, 0) is 42.6 Å². The normalized spacial score (nSPS) is 16.4. The molecule has 7 heteroatoms. The molecule has 50 heavy (non-hydrogen) atoms. The van der Waals surface area contributed by atoms with E-state index in [1.54, 1.807) is 6.20 Å². The maximum absolute atomic E-state index is 6.54. The number of benzene rings is 3. The minimum atomic E-state index is -0.115. The topological polar surface area (TPSA) is 49.8 Å². The van der Waals surface area contributed by atoms with Crippen molar-refractivity contribution in [1.82, 2.24) is 23.7 Å². The second-order valence-electron chi connectivity index (χ2n) is 16.3. The van der Waals surface area contributed by atoms with E-state index in [9.17, 15) is 0 Å². The summed E-state index contributed by atoms with van der Waals surface area (Å²) in [6.45, 7) is 21.2. The van der Waals surface area contributed by atoms with Crippen LogP contribution in [0.3, 0.4) is 0 Å². The molecule has 0 fully saturated rings. The van der Waals surface area contributed by atoms with E-state index >= 15 is 0 Å². The molecule has 0 amide bonds. The van der Waals surface area contributed by atoms with Crippen LogP contribution in [0.1, 0.15) is 79.0 Å². The number of aromatic nitrogens is 5. The van der Waals surface area contributed by atoms with Gasteiger partial charge >= 0.3 is 193 Å². The van der Waals surface area contributed by atoms with Crippen LogP contribution < -0.4 is 4.74 Å². The number of hydrogen-bond donors (Lipinski definition) is 0. The first-order chi connectivity index (χ1) is 23.5. The van der Waals surface area contributed by atoms with Crippen molar-refractivity contribution in [2.45, 2.75) is 78.6 Å². The molecular formula is C43H43N5OPt-2. The number of rotatable bonds is 4. The molecule has 1 aliphatic carbocycles. The second-order valence-corrected chi connectivity index (χ2v) is 17.4. The molecule has 3 aromatic carbocycles. The first-order valence-electron chi connectivity index (χ1n) is 17.2. The van der Waals surface area contributed by atoms with E-state index in [1.807, 2.05) is 18.5 Å². The van der Waals surface area contributed by atoms with Gasteiger partial charge in [0.05, 0.1) is 0 Å². The van der Waals surface area contributed by atoms with Crippen LogP contribution in [0.2, 0.25) is 0 Å². The quantitative estimate of drug-likeness (QED) is 0.166. The first-order valence-corrected chi connectivity index (χ1v) is 18.4. The van der Waals surface area contributed by atoms with Gasteiger partial charge in [0.1, 0.15) is 0 Å². The summed E-state index contributed by atoms with van der Waals surface area (Å²) in [5.41, 5.74) is 8.99. The monoisotopic (exact) mass is 840 g/mol. The van der Waals surface area contributed by atoms with Crippen molar-refractivity contribution >= 4 is 32.8 Å². The second kappa shape index (κ2) is 10.9. The average molecular weight is 841 g/mol. The molecule has 0 saturated heterocycles. The average Bonchev–Trinajstić information content (AvgIpc) is 3.57. The van der Waals surface area contributed by atoms with E-state index in [4.69, 9.17) is 9.72 Å². The van der Waals surface area contributed by atoms with E-state index in [0.717, 1.165) is 37.2 Å².